The number of H-pyrrole nitrogens is 2. The molecule has 0 saturated heterocycles. The number of amides is 1. The van der Waals surface area contributed by atoms with E-state index in [0.717, 1.165) is 16.5 Å². The minimum absolute atomic E-state index is 0.129. The fourth-order valence-corrected chi connectivity index (χ4v) is 3.43. The first-order valence-corrected chi connectivity index (χ1v) is 9.81. The summed E-state index contributed by atoms with van der Waals surface area (Å²) in [4.78, 5) is 35.2. The Morgan fingerprint density at radius 2 is 2.00 bits per heavy atom. The molecule has 154 valence electrons. The van der Waals surface area contributed by atoms with Crippen LogP contribution in [0.4, 0.5) is 0 Å². The van der Waals surface area contributed by atoms with Crippen molar-refractivity contribution >= 4 is 16.8 Å². The molecule has 0 spiro atoms. The second-order valence-electron chi connectivity index (χ2n) is 7.62. The molecule has 4 aromatic rings. The van der Waals surface area contributed by atoms with E-state index in [1.807, 2.05) is 44.3 Å². The summed E-state index contributed by atoms with van der Waals surface area (Å²) in [5, 5.41) is 7.96. The molecule has 8 heteroatoms. The fourth-order valence-electron chi connectivity index (χ4n) is 3.43. The zero-order valence-corrected chi connectivity index (χ0v) is 17.0. The molecule has 0 aliphatic heterocycles. The number of fused-ring (bicyclic) bond motifs is 1. The Bertz CT molecular complexity index is 1250. The number of benzene rings is 1. The van der Waals surface area contributed by atoms with Gasteiger partial charge < -0.3 is 19.8 Å². The number of para-hydroxylation sites is 1. The van der Waals surface area contributed by atoms with Gasteiger partial charge in [0.25, 0.3) is 11.5 Å². The molecule has 0 radical (unpaired) electrons. The quantitative estimate of drug-likeness (QED) is 0.455. The van der Waals surface area contributed by atoms with Crippen LogP contribution >= 0.6 is 0 Å². The van der Waals surface area contributed by atoms with Gasteiger partial charge in [-0.1, -0.05) is 37.2 Å². The van der Waals surface area contributed by atoms with Crippen LogP contribution in [0.5, 0.6) is 0 Å². The van der Waals surface area contributed by atoms with Gasteiger partial charge in [-0.3, -0.25) is 9.59 Å². The van der Waals surface area contributed by atoms with E-state index in [-0.39, 0.29) is 17.2 Å². The predicted octanol–water partition coefficient (Wildman–Crippen LogP) is 3.38. The molecular weight excluding hydrogens is 382 g/mol. The summed E-state index contributed by atoms with van der Waals surface area (Å²) < 4.78 is 5.22. The Balaban J connectivity index is 1.67. The largest absolute Gasteiger partial charge is 0.361 e. The van der Waals surface area contributed by atoms with Crippen LogP contribution in [0, 0.1) is 6.92 Å². The molecule has 3 heterocycles. The predicted molar refractivity (Wildman–Crippen MR) is 112 cm³/mol. The first kappa shape index (κ1) is 19.6. The summed E-state index contributed by atoms with van der Waals surface area (Å²) in [6.45, 7) is 5.66. The van der Waals surface area contributed by atoms with Gasteiger partial charge in [0.05, 0.1) is 17.4 Å². The number of aromatic nitrogens is 4. The van der Waals surface area contributed by atoms with E-state index in [1.54, 1.807) is 13.0 Å². The normalized spacial score (nSPS) is 12.4. The van der Waals surface area contributed by atoms with E-state index in [1.165, 1.54) is 6.07 Å². The van der Waals surface area contributed by atoms with Crippen molar-refractivity contribution in [1.82, 2.24) is 25.4 Å². The maximum Gasteiger partial charge on any atom is 0.290 e. The molecule has 0 bridgehead atoms. The van der Waals surface area contributed by atoms with E-state index in [9.17, 15) is 9.59 Å². The van der Waals surface area contributed by atoms with Crippen LogP contribution in [0.15, 0.2) is 51.9 Å². The van der Waals surface area contributed by atoms with Gasteiger partial charge in [-0.15, -0.1) is 0 Å². The second kappa shape index (κ2) is 7.98. The summed E-state index contributed by atoms with van der Waals surface area (Å²) in [6.07, 6.45) is 2.37. The Morgan fingerprint density at radius 3 is 2.73 bits per heavy atom. The highest BCUT2D eigenvalue weighted by molar-refractivity contribution is 5.91. The van der Waals surface area contributed by atoms with Crippen LogP contribution in [0.1, 0.15) is 59.1 Å². The van der Waals surface area contributed by atoms with E-state index in [0.29, 0.717) is 23.6 Å². The highest BCUT2D eigenvalue weighted by Crippen LogP contribution is 2.24. The number of nitrogens with one attached hydrogen (secondary N) is 3. The monoisotopic (exact) mass is 405 g/mol. The molecule has 0 aliphatic carbocycles. The molecule has 8 nitrogen and oxygen atoms in total. The number of rotatable bonds is 6. The molecule has 30 heavy (non-hydrogen) atoms. The third kappa shape index (κ3) is 4.03. The minimum atomic E-state index is -0.523. The van der Waals surface area contributed by atoms with Crippen molar-refractivity contribution in [3.8, 4) is 0 Å². The Kier molecular flexibility index (Phi) is 5.22. The van der Waals surface area contributed by atoms with Crippen LogP contribution in [-0.2, 0) is 6.42 Å². The van der Waals surface area contributed by atoms with E-state index in [2.05, 4.69) is 25.4 Å². The van der Waals surface area contributed by atoms with Crippen LogP contribution < -0.4 is 10.9 Å². The van der Waals surface area contributed by atoms with Crippen LogP contribution in [-0.4, -0.2) is 26.0 Å². The smallest absolute Gasteiger partial charge is 0.290 e. The zero-order valence-electron chi connectivity index (χ0n) is 17.0. The van der Waals surface area contributed by atoms with Crippen LogP contribution in [0.3, 0.4) is 0 Å². The van der Waals surface area contributed by atoms with Gasteiger partial charge in [-0.05, 0) is 24.5 Å². The Hall–Kier alpha value is -3.68. The van der Waals surface area contributed by atoms with Gasteiger partial charge in [0.15, 0.2) is 0 Å². The third-order valence-corrected chi connectivity index (χ3v) is 4.98. The van der Waals surface area contributed by atoms with Crippen molar-refractivity contribution < 1.29 is 9.32 Å². The van der Waals surface area contributed by atoms with Gasteiger partial charge in [0.1, 0.15) is 5.82 Å². The molecule has 1 amide bonds. The van der Waals surface area contributed by atoms with Gasteiger partial charge in [0.2, 0.25) is 5.76 Å². The van der Waals surface area contributed by atoms with Crippen molar-refractivity contribution in [3.05, 3.63) is 81.5 Å². The highest BCUT2D eigenvalue weighted by Gasteiger charge is 2.23. The van der Waals surface area contributed by atoms with Crippen molar-refractivity contribution in [1.29, 1.82) is 0 Å². The Morgan fingerprint density at radius 1 is 1.20 bits per heavy atom. The van der Waals surface area contributed by atoms with E-state index >= 15 is 0 Å². The Labute approximate surface area is 172 Å². The molecule has 0 saturated carbocycles. The molecule has 0 unspecified atom stereocenters. The lowest BCUT2D eigenvalue weighted by Gasteiger charge is -2.17. The maximum absolute atomic E-state index is 12.9. The lowest BCUT2D eigenvalue weighted by Crippen LogP contribution is -2.31. The average Bonchev–Trinajstić information content (AvgIpc) is 3.34. The van der Waals surface area contributed by atoms with E-state index in [4.69, 9.17) is 4.52 Å². The molecule has 3 N–H and O–H groups in total. The van der Waals surface area contributed by atoms with Gasteiger partial charge in [-0.2, -0.15) is 0 Å². The maximum atomic E-state index is 12.9. The number of hydrogen-bond donors (Lipinski definition) is 3. The number of nitrogens with zero attached hydrogens (tertiary/aromatic N) is 2. The summed E-state index contributed by atoms with van der Waals surface area (Å²) in [6, 6.07) is 10.5. The lowest BCUT2D eigenvalue weighted by molar-refractivity contribution is 0.0898. The summed E-state index contributed by atoms with van der Waals surface area (Å²) >= 11 is 0. The first-order valence-electron chi connectivity index (χ1n) is 9.81. The number of aromatic amines is 2. The number of hydrogen-bond acceptors (Lipinski definition) is 5. The number of aryl methyl sites for hydroxylation is 1. The van der Waals surface area contributed by atoms with Crippen molar-refractivity contribution in [2.45, 2.75) is 39.2 Å². The molecular formula is C22H23N5O3. The number of carbonyl (C=O) groups is 1. The van der Waals surface area contributed by atoms with Crippen LogP contribution in [0.25, 0.3) is 10.9 Å². The molecule has 3 aromatic heterocycles. The minimum Gasteiger partial charge on any atom is -0.361 e. The molecule has 4 rings (SSSR count). The van der Waals surface area contributed by atoms with Gasteiger partial charge in [-0.25, -0.2) is 4.98 Å². The number of carbonyl (C=O) groups excluding carboxylic acids is 1. The first-order chi connectivity index (χ1) is 14.4. The van der Waals surface area contributed by atoms with Gasteiger partial charge in [0, 0.05) is 35.7 Å². The summed E-state index contributed by atoms with van der Waals surface area (Å²) in [5.74, 6) is 0.356. The lowest BCUT2D eigenvalue weighted by atomic mass is 10.0. The molecule has 1 aromatic carbocycles. The summed E-state index contributed by atoms with van der Waals surface area (Å²) in [7, 11) is 0. The zero-order chi connectivity index (χ0) is 21.3. The highest BCUT2D eigenvalue weighted by atomic mass is 16.5. The standard InChI is InChI=1S/C22H23N5O3/c1-12(2)17-9-20(30-27-17)22(29)26-18(19-10-21(28)25-13(3)24-19)8-14-11-23-16-7-5-4-6-15(14)16/h4-7,9-12,18,23H,8H2,1-3H3,(H,26,29)(H,24,25,28)/t18-/m0/s1. The molecule has 0 aliphatic rings. The van der Waals surface area contributed by atoms with Crippen molar-refractivity contribution in [2.24, 2.45) is 0 Å². The van der Waals surface area contributed by atoms with Crippen LogP contribution in [0.2, 0.25) is 0 Å². The third-order valence-electron chi connectivity index (χ3n) is 4.98. The topological polar surface area (TPSA) is 117 Å². The van der Waals surface area contributed by atoms with Gasteiger partial charge >= 0.3 is 0 Å². The average molecular weight is 405 g/mol. The second-order valence-corrected chi connectivity index (χ2v) is 7.62. The fraction of sp³-hybridized carbons (Fsp3) is 0.273. The summed E-state index contributed by atoms with van der Waals surface area (Å²) in [5.41, 5.74) is 2.94. The van der Waals surface area contributed by atoms with E-state index < -0.39 is 11.9 Å². The molecule has 0 fully saturated rings. The molecule has 1 atom stereocenters. The SMILES string of the molecule is Cc1nc([C@H](Cc2c[nH]c3ccccc23)NC(=O)c2cc(C(C)C)no2)cc(=O)[nH]1. The van der Waals surface area contributed by atoms with Crippen molar-refractivity contribution in [3.63, 3.8) is 0 Å². The van der Waals surface area contributed by atoms with Crippen molar-refractivity contribution in [2.75, 3.05) is 0 Å².